The van der Waals surface area contributed by atoms with Crippen molar-refractivity contribution in [1.29, 1.82) is 0 Å². The van der Waals surface area contributed by atoms with Crippen LogP contribution in [0.2, 0.25) is 0 Å². The molecule has 1 aromatic carbocycles. The lowest BCUT2D eigenvalue weighted by Gasteiger charge is -2.55. The summed E-state index contributed by atoms with van der Waals surface area (Å²) in [5, 5.41) is 3.27. The fraction of sp³-hybridized carbons (Fsp3) is 0.696. The van der Waals surface area contributed by atoms with Gasteiger partial charge in [-0.2, -0.15) is 0 Å². The van der Waals surface area contributed by atoms with E-state index in [2.05, 4.69) is 38.2 Å². The number of nitrogens with one attached hydrogen (secondary N) is 1. The van der Waals surface area contributed by atoms with Crippen LogP contribution < -0.4 is 10.1 Å². The molecular weight excluding hydrogens is 322 g/mol. The van der Waals surface area contributed by atoms with E-state index in [9.17, 15) is 4.79 Å². The summed E-state index contributed by atoms with van der Waals surface area (Å²) in [7, 11) is 0. The van der Waals surface area contributed by atoms with Gasteiger partial charge in [0.15, 0.2) is 0 Å². The van der Waals surface area contributed by atoms with Crippen molar-refractivity contribution in [2.75, 3.05) is 6.61 Å². The standard InChI is InChI=1S/C23H33NO2/c1-15(2)20-4-6-21(7-5-20)26-14-16(3)24-22(25)23-11-17-8-18(12-23)10-19(9-17)13-23/h4-7,15-19H,8-14H2,1-3H3,(H,24,25). The Balaban J connectivity index is 1.30. The van der Waals surface area contributed by atoms with E-state index in [1.54, 1.807) is 0 Å². The molecule has 1 unspecified atom stereocenters. The van der Waals surface area contributed by atoms with E-state index in [4.69, 9.17) is 4.74 Å². The van der Waals surface area contributed by atoms with Crippen LogP contribution in [0.1, 0.15) is 70.8 Å². The molecule has 142 valence electrons. The van der Waals surface area contributed by atoms with Gasteiger partial charge in [-0.3, -0.25) is 4.79 Å². The summed E-state index contributed by atoms with van der Waals surface area (Å²) in [6, 6.07) is 8.35. The second-order valence-electron chi connectivity index (χ2n) is 9.61. The van der Waals surface area contributed by atoms with Crippen molar-refractivity contribution in [3.8, 4) is 5.75 Å². The van der Waals surface area contributed by atoms with Crippen molar-refractivity contribution >= 4 is 5.91 Å². The Morgan fingerprint density at radius 2 is 1.58 bits per heavy atom. The Morgan fingerprint density at radius 3 is 2.08 bits per heavy atom. The van der Waals surface area contributed by atoms with Crippen LogP contribution in [0.4, 0.5) is 0 Å². The van der Waals surface area contributed by atoms with Crippen LogP contribution in [0.3, 0.4) is 0 Å². The van der Waals surface area contributed by atoms with E-state index in [0.717, 1.165) is 42.8 Å². The molecule has 4 saturated carbocycles. The molecule has 1 aromatic rings. The van der Waals surface area contributed by atoms with E-state index in [0.29, 0.717) is 18.4 Å². The molecule has 1 N–H and O–H groups in total. The second-order valence-corrected chi connectivity index (χ2v) is 9.61. The van der Waals surface area contributed by atoms with Crippen molar-refractivity contribution in [2.45, 2.75) is 71.3 Å². The summed E-state index contributed by atoms with van der Waals surface area (Å²) >= 11 is 0. The monoisotopic (exact) mass is 355 g/mol. The number of hydrogen-bond acceptors (Lipinski definition) is 2. The Labute approximate surface area is 157 Å². The normalized spacial score (nSPS) is 33.3. The van der Waals surface area contributed by atoms with E-state index < -0.39 is 0 Å². The van der Waals surface area contributed by atoms with Gasteiger partial charge in [0.1, 0.15) is 12.4 Å². The molecule has 4 fully saturated rings. The molecule has 3 heteroatoms. The van der Waals surface area contributed by atoms with Crippen LogP contribution in [-0.2, 0) is 4.79 Å². The van der Waals surface area contributed by atoms with Gasteiger partial charge >= 0.3 is 0 Å². The number of carbonyl (C=O) groups is 1. The van der Waals surface area contributed by atoms with Crippen LogP contribution in [0.25, 0.3) is 0 Å². The average molecular weight is 356 g/mol. The van der Waals surface area contributed by atoms with Gasteiger partial charge in [0, 0.05) is 5.41 Å². The molecule has 26 heavy (non-hydrogen) atoms. The van der Waals surface area contributed by atoms with Gasteiger partial charge < -0.3 is 10.1 Å². The van der Waals surface area contributed by atoms with E-state index >= 15 is 0 Å². The van der Waals surface area contributed by atoms with Crippen molar-refractivity contribution < 1.29 is 9.53 Å². The minimum Gasteiger partial charge on any atom is -0.491 e. The topological polar surface area (TPSA) is 38.3 Å². The lowest BCUT2D eigenvalue weighted by molar-refractivity contribution is -0.147. The molecule has 5 rings (SSSR count). The summed E-state index contributed by atoms with van der Waals surface area (Å²) in [4.78, 5) is 13.1. The predicted octanol–water partition coefficient (Wildman–Crippen LogP) is 4.91. The van der Waals surface area contributed by atoms with E-state index in [1.807, 2.05) is 12.1 Å². The molecule has 4 aliphatic rings. The molecule has 4 aliphatic carbocycles. The zero-order valence-corrected chi connectivity index (χ0v) is 16.5. The summed E-state index contributed by atoms with van der Waals surface area (Å²) in [6.07, 6.45) is 7.48. The number of rotatable bonds is 6. The molecule has 3 nitrogen and oxygen atoms in total. The lowest BCUT2D eigenvalue weighted by Crippen LogP contribution is -2.55. The quantitative estimate of drug-likeness (QED) is 0.787. The predicted molar refractivity (Wildman–Crippen MR) is 104 cm³/mol. The zero-order valence-electron chi connectivity index (χ0n) is 16.5. The molecule has 0 saturated heterocycles. The van der Waals surface area contributed by atoms with Crippen LogP contribution in [0.15, 0.2) is 24.3 Å². The zero-order chi connectivity index (χ0) is 18.3. The summed E-state index contributed by atoms with van der Waals surface area (Å²) in [5.41, 5.74) is 1.25. The highest BCUT2D eigenvalue weighted by Gasteiger charge is 2.54. The first-order valence-corrected chi connectivity index (χ1v) is 10.5. The number of amides is 1. The highest BCUT2D eigenvalue weighted by molar-refractivity contribution is 5.83. The Morgan fingerprint density at radius 1 is 1.04 bits per heavy atom. The summed E-state index contributed by atoms with van der Waals surface area (Å²) in [5.74, 6) is 4.12. The van der Waals surface area contributed by atoms with Crippen LogP contribution >= 0.6 is 0 Å². The number of ether oxygens (including phenoxy) is 1. The largest absolute Gasteiger partial charge is 0.491 e. The van der Waals surface area contributed by atoms with Gasteiger partial charge in [0.05, 0.1) is 6.04 Å². The smallest absolute Gasteiger partial charge is 0.226 e. The number of benzene rings is 1. The molecule has 1 amide bonds. The van der Waals surface area contributed by atoms with Gasteiger partial charge in [-0.15, -0.1) is 0 Å². The number of hydrogen-bond donors (Lipinski definition) is 1. The van der Waals surface area contributed by atoms with Gasteiger partial charge in [-0.25, -0.2) is 0 Å². The first-order valence-electron chi connectivity index (χ1n) is 10.5. The molecule has 4 bridgehead atoms. The molecule has 1 atom stereocenters. The van der Waals surface area contributed by atoms with Crippen molar-refractivity contribution in [2.24, 2.45) is 23.2 Å². The molecule has 0 aromatic heterocycles. The maximum absolute atomic E-state index is 13.1. The fourth-order valence-corrected chi connectivity index (χ4v) is 5.98. The third-order valence-corrected chi connectivity index (χ3v) is 6.94. The molecule has 0 heterocycles. The van der Waals surface area contributed by atoms with Crippen molar-refractivity contribution in [3.63, 3.8) is 0 Å². The average Bonchev–Trinajstić information content (AvgIpc) is 2.59. The lowest BCUT2D eigenvalue weighted by atomic mass is 9.49. The summed E-state index contributed by atoms with van der Waals surface area (Å²) in [6.45, 7) is 6.97. The third-order valence-electron chi connectivity index (χ3n) is 6.94. The summed E-state index contributed by atoms with van der Waals surface area (Å²) < 4.78 is 5.91. The van der Waals surface area contributed by atoms with Gasteiger partial charge in [0.25, 0.3) is 0 Å². The van der Waals surface area contributed by atoms with E-state index in [-0.39, 0.29) is 11.5 Å². The van der Waals surface area contributed by atoms with Gasteiger partial charge in [-0.1, -0.05) is 26.0 Å². The van der Waals surface area contributed by atoms with Gasteiger partial charge in [-0.05, 0) is 86.8 Å². The van der Waals surface area contributed by atoms with Crippen molar-refractivity contribution in [3.05, 3.63) is 29.8 Å². The SMILES string of the molecule is CC(COc1ccc(C(C)C)cc1)NC(=O)C12CC3CC(CC(C3)C1)C2. The third kappa shape index (κ3) is 3.50. The highest BCUT2D eigenvalue weighted by Crippen LogP contribution is 2.60. The maximum atomic E-state index is 13.1. The molecule has 0 aliphatic heterocycles. The Kier molecular flexibility index (Phi) is 4.75. The van der Waals surface area contributed by atoms with Crippen LogP contribution in [0.5, 0.6) is 5.75 Å². The minimum atomic E-state index is -0.0675. The molecule has 0 radical (unpaired) electrons. The first-order chi connectivity index (χ1) is 12.4. The minimum absolute atomic E-state index is 0.0419. The van der Waals surface area contributed by atoms with Crippen LogP contribution in [-0.4, -0.2) is 18.6 Å². The van der Waals surface area contributed by atoms with E-state index in [1.165, 1.54) is 24.8 Å². The van der Waals surface area contributed by atoms with Gasteiger partial charge in [0.2, 0.25) is 5.91 Å². The Hall–Kier alpha value is -1.51. The molecule has 0 spiro atoms. The van der Waals surface area contributed by atoms with Crippen molar-refractivity contribution in [1.82, 2.24) is 5.32 Å². The number of carbonyl (C=O) groups excluding carboxylic acids is 1. The maximum Gasteiger partial charge on any atom is 0.226 e. The fourth-order valence-electron chi connectivity index (χ4n) is 5.98. The molecular formula is C23H33NO2. The van der Waals surface area contributed by atoms with Crippen LogP contribution in [0, 0.1) is 23.2 Å². The Bertz CT molecular complexity index is 613. The highest BCUT2D eigenvalue weighted by atomic mass is 16.5. The second kappa shape index (κ2) is 6.90. The first kappa shape index (κ1) is 17.9.